The van der Waals surface area contributed by atoms with Crippen LogP contribution in [0, 0.1) is 19.8 Å². The maximum absolute atomic E-state index is 13.1. The molecular weight excluding hydrogens is 412 g/mol. The van der Waals surface area contributed by atoms with E-state index in [1.807, 2.05) is 50.7 Å². The molecule has 0 saturated heterocycles. The Morgan fingerprint density at radius 3 is 2.55 bits per heavy atom. The summed E-state index contributed by atoms with van der Waals surface area (Å²) in [5.74, 6) is 0.531. The lowest BCUT2D eigenvalue weighted by Gasteiger charge is -2.32. The van der Waals surface area contributed by atoms with Crippen LogP contribution in [0.5, 0.6) is 0 Å². The second-order valence-electron chi connectivity index (χ2n) is 8.28. The number of anilines is 1. The van der Waals surface area contributed by atoms with E-state index in [0.717, 1.165) is 22.5 Å². The fourth-order valence-corrected chi connectivity index (χ4v) is 4.73. The highest BCUT2D eigenvalue weighted by molar-refractivity contribution is 7.90. The molecule has 0 spiro atoms. The van der Waals surface area contributed by atoms with Gasteiger partial charge in [0.05, 0.1) is 22.8 Å². The standard InChI is InChI=1S/C23H26N4O3S/c1-14-11-18-9-10-21(17-7-6-8-19(12-17)31(5,29)30)24-22(18)27(23(14)28)13-20-15(2)25-26(4)16(20)3/h6-10,12,14H,11,13H2,1-5H3. The van der Waals surface area contributed by atoms with Gasteiger partial charge in [0.1, 0.15) is 5.82 Å². The first kappa shape index (κ1) is 21.2. The second kappa shape index (κ2) is 7.60. The summed E-state index contributed by atoms with van der Waals surface area (Å²) in [5.41, 5.74) is 5.27. The van der Waals surface area contributed by atoms with Gasteiger partial charge in [-0.2, -0.15) is 5.10 Å². The molecule has 162 valence electrons. The highest BCUT2D eigenvalue weighted by atomic mass is 32.2. The first-order chi connectivity index (χ1) is 14.6. The van der Waals surface area contributed by atoms with Gasteiger partial charge < -0.3 is 0 Å². The Labute approximate surface area is 182 Å². The number of fused-ring (bicyclic) bond motifs is 1. The van der Waals surface area contributed by atoms with E-state index in [1.54, 1.807) is 23.1 Å². The Kier molecular flexibility index (Phi) is 5.21. The molecule has 1 unspecified atom stereocenters. The maximum Gasteiger partial charge on any atom is 0.231 e. The van der Waals surface area contributed by atoms with Gasteiger partial charge in [0.15, 0.2) is 9.84 Å². The molecule has 0 bridgehead atoms. The summed E-state index contributed by atoms with van der Waals surface area (Å²) >= 11 is 0. The third-order valence-corrected chi connectivity index (χ3v) is 7.07. The van der Waals surface area contributed by atoms with Crippen molar-refractivity contribution in [1.82, 2.24) is 14.8 Å². The van der Waals surface area contributed by atoms with Crippen LogP contribution in [-0.2, 0) is 34.6 Å². The van der Waals surface area contributed by atoms with Crippen LogP contribution in [0.25, 0.3) is 11.3 Å². The number of benzene rings is 1. The number of hydrogen-bond donors (Lipinski definition) is 0. The van der Waals surface area contributed by atoms with Crippen molar-refractivity contribution in [3.8, 4) is 11.3 Å². The van der Waals surface area contributed by atoms with E-state index in [0.29, 0.717) is 30.0 Å². The van der Waals surface area contributed by atoms with E-state index in [-0.39, 0.29) is 16.7 Å². The van der Waals surface area contributed by atoms with Crippen LogP contribution in [0.4, 0.5) is 5.82 Å². The Hall–Kier alpha value is -3.00. The lowest BCUT2D eigenvalue weighted by atomic mass is 9.94. The third kappa shape index (κ3) is 3.87. The summed E-state index contributed by atoms with van der Waals surface area (Å²) in [6.45, 7) is 6.28. The number of sulfone groups is 1. The number of nitrogens with zero attached hydrogens (tertiary/aromatic N) is 4. The molecule has 1 aromatic carbocycles. The quantitative estimate of drug-likeness (QED) is 0.624. The average molecular weight is 439 g/mol. The largest absolute Gasteiger partial charge is 0.292 e. The zero-order chi connectivity index (χ0) is 22.5. The fraction of sp³-hybridized carbons (Fsp3) is 0.348. The normalized spacial score (nSPS) is 16.5. The van der Waals surface area contributed by atoms with Crippen LogP contribution in [0.3, 0.4) is 0 Å². The van der Waals surface area contributed by atoms with E-state index in [2.05, 4.69) is 5.10 Å². The van der Waals surface area contributed by atoms with Crippen LogP contribution in [0.2, 0.25) is 0 Å². The van der Waals surface area contributed by atoms with Crippen molar-refractivity contribution < 1.29 is 13.2 Å². The Bertz CT molecular complexity index is 1290. The summed E-state index contributed by atoms with van der Waals surface area (Å²) in [5, 5.41) is 4.48. The van der Waals surface area contributed by atoms with Crippen molar-refractivity contribution in [2.45, 2.75) is 38.6 Å². The van der Waals surface area contributed by atoms with Gasteiger partial charge in [0.2, 0.25) is 5.91 Å². The van der Waals surface area contributed by atoms with E-state index in [4.69, 9.17) is 4.98 Å². The Morgan fingerprint density at radius 2 is 1.90 bits per heavy atom. The first-order valence-corrected chi connectivity index (χ1v) is 12.1. The molecular formula is C23H26N4O3S. The predicted molar refractivity (Wildman–Crippen MR) is 120 cm³/mol. The summed E-state index contributed by atoms with van der Waals surface area (Å²) < 4.78 is 25.8. The molecule has 3 heterocycles. The number of hydrogen-bond acceptors (Lipinski definition) is 5. The minimum absolute atomic E-state index is 0.0321. The molecule has 0 saturated carbocycles. The van der Waals surface area contributed by atoms with Gasteiger partial charge in [-0.05, 0) is 44.0 Å². The number of carbonyl (C=O) groups is 1. The van der Waals surface area contributed by atoms with Crippen LogP contribution in [0.15, 0.2) is 41.3 Å². The van der Waals surface area contributed by atoms with E-state index >= 15 is 0 Å². The maximum atomic E-state index is 13.1. The summed E-state index contributed by atoms with van der Waals surface area (Å²) in [7, 11) is -1.43. The van der Waals surface area contributed by atoms with Gasteiger partial charge in [0.25, 0.3) is 0 Å². The molecule has 0 N–H and O–H groups in total. The molecule has 4 rings (SSSR count). The van der Waals surface area contributed by atoms with Crippen LogP contribution in [-0.4, -0.2) is 35.3 Å². The number of rotatable bonds is 4. The van der Waals surface area contributed by atoms with Crippen molar-refractivity contribution in [2.24, 2.45) is 13.0 Å². The molecule has 0 fully saturated rings. The van der Waals surface area contributed by atoms with Crippen LogP contribution in [0.1, 0.15) is 29.4 Å². The lowest BCUT2D eigenvalue weighted by molar-refractivity contribution is -0.122. The molecule has 1 aliphatic rings. The number of pyridine rings is 1. The SMILES string of the molecule is Cc1nn(C)c(C)c1CN1C(=O)C(C)Cc2ccc(-c3cccc(S(C)(=O)=O)c3)nc21. The molecule has 3 aromatic rings. The molecule has 1 aliphatic heterocycles. The molecule has 8 heteroatoms. The summed E-state index contributed by atoms with van der Waals surface area (Å²) in [6.07, 6.45) is 1.82. The zero-order valence-corrected chi connectivity index (χ0v) is 19.2. The van der Waals surface area contributed by atoms with Crippen LogP contribution < -0.4 is 4.90 Å². The van der Waals surface area contributed by atoms with Crippen molar-refractivity contribution in [1.29, 1.82) is 0 Å². The van der Waals surface area contributed by atoms with Gasteiger partial charge >= 0.3 is 0 Å². The number of aryl methyl sites for hydroxylation is 2. The fourth-order valence-electron chi connectivity index (χ4n) is 4.06. The van der Waals surface area contributed by atoms with E-state index in [9.17, 15) is 13.2 Å². The first-order valence-electron chi connectivity index (χ1n) is 10.2. The van der Waals surface area contributed by atoms with Gasteiger partial charge in [-0.1, -0.05) is 25.1 Å². The lowest BCUT2D eigenvalue weighted by Crippen LogP contribution is -2.40. The predicted octanol–water partition coefficient (Wildman–Crippen LogP) is 3.23. The van der Waals surface area contributed by atoms with Gasteiger partial charge in [-0.15, -0.1) is 0 Å². The zero-order valence-electron chi connectivity index (χ0n) is 18.4. The van der Waals surface area contributed by atoms with Gasteiger partial charge in [-0.3, -0.25) is 14.4 Å². The van der Waals surface area contributed by atoms with Crippen molar-refractivity contribution in [2.75, 3.05) is 11.2 Å². The van der Waals surface area contributed by atoms with Gasteiger partial charge in [-0.25, -0.2) is 13.4 Å². The topological polar surface area (TPSA) is 85.2 Å². The molecule has 1 atom stereocenters. The molecule has 2 aromatic heterocycles. The van der Waals surface area contributed by atoms with Crippen molar-refractivity contribution in [3.63, 3.8) is 0 Å². The Morgan fingerprint density at radius 1 is 1.16 bits per heavy atom. The molecule has 0 radical (unpaired) electrons. The second-order valence-corrected chi connectivity index (χ2v) is 10.3. The average Bonchev–Trinajstić information content (AvgIpc) is 2.96. The number of aromatic nitrogens is 3. The highest BCUT2D eigenvalue weighted by Gasteiger charge is 2.32. The van der Waals surface area contributed by atoms with Crippen LogP contribution >= 0.6 is 0 Å². The van der Waals surface area contributed by atoms with E-state index in [1.165, 1.54) is 6.26 Å². The molecule has 31 heavy (non-hydrogen) atoms. The summed E-state index contributed by atoms with van der Waals surface area (Å²) in [6, 6.07) is 10.6. The number of amides is 1. The smallest absolute Gasteiger partial charge is 0.231 e. The minimum Gasteiger partial charge on any atom is -0.292 e. The highest BCUT2D eigenvalue weighted by Crippen LogP contribution is 2.33. The molecule has 1 amide bonds. The van der Waals surface area contributed by atoms with Crippen molar-refractivity contribution in [3.05, 3.63) is 58.9 Å². The minimum atomic E-state index is -3.33. The van der Waals surface area contributed by atoms with E-state index < -0.39 is 9.84 Å². The number of carbonyl (C=O) groups excluding carboxylic acids is 1. The van der Waals surface area contributed by atoms with Gasteiger partial charge in [0, 0.05) is 36.0 Å². The third-order valence-electron chi connectivity index (χ3n) is 5.96. The summed E-state index contributed by atoms with van der Waals surface area (Å²) in [4.78, 5) is 19.9. The monoisotopic (exact) mass is 438 g/mol. The molecule has 7 nitrogen and oxygen atoms in total. The molecule has 0 aliphatic carbocycles. The Balaban J connectivity index is 1.80. The van der Waals surface area contributed by atoms with Crippen molar-refractivity contribution >= 4 is 21.6 Å².